The summed E-state index contributed by atoms with van der Waals surface area (Å²) in [5.41, 5.74) is -1.71. The van der Waals surface area contributed by atoms with Crippen molar-refractivity contribution >= 4 is 23.8 Å². The number of aliphatic hydroxyl groups is 1. The van der Waals surface area contributed by atoms with Gasteiger partial charge in [-0.25, -0.2) is 4.79 Å². The third-order valence-electron chi connectivity index (χ3n) is 6.57. The third kappa shape index (κ3) is 6.16. The van der Waals surface area contributed by atoms with Crippen molar-refractivity contribution < 1.29 is 29.0 Å². The molecule has 0 aromatic heterocycles. The zero-order chi connectivity index (χ0) is 24.6. The normalized spacial score (nSPS) is 30.1. The smallest absolute Gasteiger partial charge is 0.408 e. The zero-order valence-electron chi connectivity index (χ0n) is 20.3. The van der Waals surface area contributed by atoms with Gasteiger partial charge in [-0.2, -0.15) is 0 Å². The number of likely N-dealkylation sites (tertiary alicyclic amines) is 1. The summed E-state index contributed by atoms with van der Waals surface area (Å²) < 4.78 is 5.16. The van der Waals surface area contributed by atoms with E-state index in [0.717, 1.165) is 12.8 Å². The highest BCUT2D eigenvalue weighted by molar-refractivity contribution is 5.91. The van der Waals surface area contributed by atoms with Crippen LogP contribution in [0.1, 0.15) is 66.7 Å². The highest BCUT2D eigenvalue weighted by Gasteiger charge is 2.53. The predicted octanol–water partition coefficient (Wildman–Crippen LogP) is 0.673. The van der Waals surface area contributed by atoms with Crippen LogP contribution in [0.5, 0.6) is 0 Å². The van der Waals surface area contributed by atoms with E-state index in [1.807, 2.05) is 13.8 Å². The van der Waals surface area contributed by atoms with Crippen LogP contribution in [0.4, 0.5) is 4.79 Å². The van der Waals surface area contributed by atoms with Crippen LogP contribution in [0.25, 0.3) is 0 Å². The van der Waals surface area contributed by atoms with Crippen LogP contribution in [0.3, 0.4) is 0 Å². The molecule has 3 aliphatic rings. The van der Waals surface area contributed by atoms with Gasteiger partial charge < -0.3 is 30.7 Å². The maximum Gasteiger partial charge on any atom is 0.408 e. The molecule has 4 N–H and O–H groups in total. The van der Waals surface area contributed by atoms with E-state index in [2.05, 4.69) is 16.0 Å². The second kappa shape index (κ2) is 9.48. The Morgan fingerprint density at radius 3 is 2.30 bits per heavy atom. The molecule has 0 aromatic carbocycles. The first-order chi connectivity index (χ1) is 15.3. The first kappa shape index (κ1) is 25.3. The highest BCUT2D eigenvalue weighted by Crippen LogP contribution is 2.41. The summed E-state index contributed by atoms with van der Waals surface area (Å²) in [5.74, 6) is -1.05. The van der Waals surface area contributed by atoms with Gasteiger partial charge in [0.1, 0.15) is 18.2 Å². The van der Waals surface area contributed by atoms with Crippen molar-refractivity contribution in [2.75, 3.05) is 13.1 Å². The molecule has 1 heterocycles. The molecular formula is C23H38N4O6. The number of hydrogen-bond donors (Lipinski definition) is 4. The number of aliphatic hydroxyl groups excluding tert-OH is 1. The van der Waals surface area contributed by atoms with Crippen LogP contribution in [0.2, 0.25) is 0 Å². The summed E-state index contributed by atoms with van der Waals surface area (Å²) in [6.45, 7) is 9.20. The van der Waals surface area contributed by atoms with Crippen LogP contribution >= 0.6 is 0 Å². The van der Waals surface area contributed by atoms with Gasteiger partial charge in [0.05, 0.1) is 5.54 Å². The van der Waals surface area contributed by atoms with Crippen LogP contribution in [-0.4, -0.2) is 76.2 Å². The largest absolute Gasteiger partial charge is 0.444 e. The second-order valence-corrected chi connectivity index (χ2v) is 11.0. The monoisotopic (exact) mass is 466 g/mol. The fourth-order valence-electron chi connectivity index (χ4n) is 4.85. The van der Waals surface area contributed by atoms with Gasteiger partial charge >= 0.3 is 6.09 Å². The summed E-state index contributed by atoms with van der Waals surface area (Å²) in [7, 11) is 0. The molecule has 2 saturated carbocycles. The molecule has 3 fully saturated rings. The van der Waals surface area contributed by atoms with Gasteiger partial charge in [0.25, 0.3) is 5.91 Å². The molecule has 3 unspecified atom stereocenters. The molecule has 3 rings (SSSR count). The molecule has 10 heteroatoms. The highest BCUT2D eigenvalue weighted by atomic mass is 16.6. The number of nitrogens with zero attached hydrogens (tertiary/aromatic N) is 1. The molecule has 3 atom stereocenters. The Labute approximate surface area is 195 Å². The van der Waals surface area contributed by atoms with Gasteiger partial charge in [-0.15, -0.1) is 0 Å². The third-order valence-corrected chi connectivity index (χ3v) is 6.57. The van der Waals surface area contributed by atoms with Crippen LogP contribution in [-0.2, 0) is 19.1 Å². The Morgan fingerprint density at radius 2 is 1.76 bits per heavy atom. The van der Waals surface area contributed by atoms with Crippen LogP contribution in [0, 0.1) is 11.8 Å². The van der Waals surface area contributed by atoms with Crippen LogP contribution < -0.4 is 16.0 Å². The fourth-order valence-corrected chi connectivity index (χ4v) is 4.85. The van der Waals surface area contributed by atoms with Crippen molar-refractivity contribution in [1.29, 1.82) is 0 Å². The van der Waals surface area contributed by atoms with Crippen molar-refractivity contribution in [3.8, 4) is 0 Å². The molecule has 0 spiro atoms. The topological polar surface area (TPSA) is 137 Å². The van der Waals surface area contributed by atoms with Crippen molar-refractivity contribution in [2.45, 2.75) is 96.1 Å². The predicted molar refractivity (Wildman–Crippen MR) is 120 cm³/mol. The van der Waals surface area contributed by atoms with E-state index in [9.17, 15) is 24.3 Å². The van der Waals surface area contributed by atoms with E-state index in [1.165, 1.54) is 4.90 Å². The summed E-state index contributed by atoms with van der Waals surface area (Å²) in [5, 5.41) is 19.0. The van der Waals surface area contributed by atoms with E-state index in [-0.39, 0.29) is 36.2 Å². The standard InChI is InChI=1S/C23H38N4O6/c1-13-10-23(11-13,18(29)20(31)25-15-6-7-15)26-19(30)17-14(2)8-9-27(17)16(28)12-24-21(32)33-22(3,4)5/h13-15,17-18,29H,6-12H2,1-5H3,(H,24,32)(H,25,31)(H,26,30). The number of hydrogen-bond acceptors (Lipinski definition) is 6. The maximum atomic E-state index is 13.3. The Hall–Kier alpha value is -2.36. The zero-order valence-corrected chi connectivity index (χ0v) is 20.3. The van der Waals surface area contributed by atoms with E-state index < -0.39 is 35.3 Å². The molecule has 33 heavy (non-hydrogen) atoms. The SMILES string of the molecule is CC1CC(NC(=O)C2C(C)CCN2C(=O)CNC(=O)OC(C)(C)C)(C(O)C(=O)NC2CC2)C1. The Balaban J connectivity index is 1.63. The fraction of sp³-hybridized carbons (Fsp3) is 0.826. The van der Waals surface area contributed by atoms with E-state index >= 15 is 0 Å². The quantitative estimate of drug-likeness (QED) is 0.435. The lowest BCUT2D eigenvalue weighted by Gasteiger charge is -2.50. The van der Waals surface area contributed by atoms with Gasteiger partial charge in [-0.05, 0) is 64.7 Å². The van der Waals surface area contributed by atoms with E-state index in [1.54, 1.807) is 20.8 Å². The first-order valence-electron chi connectivity index (χ1n) is 11.9. The molecule has 4 amide bonds. The second-order valence-electron chi connectivity index (χ2n) is 11.0. The van der Waals surface area contributed by atoms with E-state index in [0.29, 0.717) is 25.8 Å². The molecule has 186 valence electrons. The van der Waals surface area contributed by atoms with Gasteiger partial charge in [-0.3, -0.25) is 14.4 Å². The van der Waals surface area contributed by atoms with Gasteiger partial charge in [-0.1, -0.05) is 13.8 Å². The van der Waals surface area contributed by atoms with E-state index in [4.69, 9.17) is 4.74 Å². The lowest BCUT2D eigenvalue weighted by atomic mass is 9.65. The number of amides is 4. The number of carbonyl (C=O) groups excluding carboxylic acids is 4. The summed E-state index contributed by atoms with van der Waals surface area (Å²) in [6, 6.07) is -0.623. The van der Waals surface area contributed by atoms with Crippen LogP contribution in [0.15, 0.2) is 0 Å². The minimum absolute atomic E-state index is 0.0949. The summed E-state index contributed by atoms with van der Waals surface area (Å²) in [6.07, 6.45) is 1.40. The van der Waals surface area contributed by atoms with Crippen molar-refractivity contribution in [3.63, 3.8) is 0 Å². The number of nitrogens with one attached hydrogen (secondary N) is 3. The number of ether oxygens (including phenoxy) is 1. The van der Waals surface area contributed by atoms with Gasteiger partial charge in [0.2, 0.25) is 11.8 Å². The number of rotatable bonds is 7. The summed E-state index contributed by atoms with van der Waals surface area (Å²) >= 11 is 0. The average molecular weight is 467 g/mol. The molecule has 10 nitrogen and oxygen atoms in total. The lowest BCUT2D eigenvalue weighted by Crippen LogP contribution is -2.69. The summed E-state index contributed by atoms with van der Waals surface area (Å²) in [4.78, 5) is 52.0. The van der Waals surface area contributed by atoms with Gasteiger partial charge in [0, 0.05) is 12.6 Å². The molecule has 0 aromatic rings. The number of carbonyl (C=O) groups is 4. The molecule has 0 bridgehead atoms. The molecule has 1 saturated heterocycles. The lowest BCUT2D eigenvalue weighted by molar-refractivity contribution is -0.147. The molecule has 0 radical (unpaired) electrons. The Kier molecular flexibility index (Phi) is 7.26. The Bertz CT molecular complexity index is 784. The van der Waals surface area contributed by atoms with Crippen molar-refractivity contribution in [2.24, 2.45) is 11.8 Å². The molecule has 2 aliphatic carbocycles. The molecular weight excluding hydrogens is 428 g/mol. The van der Waals surface area contributed by atoms with Crippen molar-refractivity contribution in [3.05, 3.63) is 0 Å². The van der Waals surface area contributed by atoms with Crippen molar-refractivity contribution in [1.82, 2.24) is 20.9 Å². The minimum atomic E-state index is -1.34. The molecule has 1 aliphatic heterocycles. The Morgan fingerprint density at radius 1 is 1.12 bits per heavy atom. The average Bonchev–Trinajstić information content (AvgIpc) is 3.40. The minimum Gasteiger partial charge on any atom is -0.444 e. The first-order valence-corrected chi connectivity index (χ1v) is 11.9. The van der Waals surface area contributed by atoms with Gasteiger partial charge in [0.15, 0.2) is 6.10 Å². The maximum absolute atomic E-state index is 13.3. The number of alkyl carbamates (subject to hydrolysis) is 1.